The van der Waals surface area contributed by atoms with Crippen molar-refractivity contribution in [2.45, 2.75) is 6.54 Å². The van der Waals surface area contributed by atoms with Crippen LogP contribution in [-0.2, 0) is 25.7 Å². The molecule has 0 fully saturated rings. The summed E-state index contributed by atoms with van der Waals surface area (Å²) in [5.41, 5.74) is 2.76. The average Bonchev–Trinajstić information content (AvgIpc) is 3.27. The van der Waals surface area contributed by atoms with Crippen LogP contribution in [0.3, 0.4) is 0 Å². The molecule has 10 nitrogen and oxygen atoms in total. The van der Waals surface area contributed by atoms with E-state index in [2.05, 4.69) is 21.1 Å². The van der Waals surface area contributed by atoms with Gasteiger partial charge in [-0.05, 0) is 48.5 Å². The number of rotatable bonds is 6. The summed E-state index contributed by atoms with van der Waals surface area (Å²) in [5.74, 6) is -3.62. The Morgan fingerprint density at radius 1 is 0.788 bits per heavy atom. The van der Waals surface area contributed by atoms with Gasteiger partial charge in [0.15, 0.2) is 0 Å². The molecule has 11 heteroatoms. The highest BCUT2D eigenvalue weighted by atomic mass is 19.1. The Hall–Kier alpha value is -4.80. The molecule has 0 aliphatic heterocycles. The minimum atomic E-state index is -1.04. The number of amides is 4. The molecule has 0 spiro atoms. The Morgan fingerprint density at radius 2 is 1.42 bits per heavy atom. The maximum Gasteiger partial charge on any atom is 0.329 e. The van der Waals surface area contributed by atoms with Crippen LogP contribution in [0.4, 0.5) is 15.8 Å². The summed E-state index contributed by atoms with van der Waals surface area (Å²) in [7, 11) is 0. The Bertz CT molecular complexity index is 1180. The third-order valence-corrected chi connectivity index (χ3v) is 4.01. The van der Waals surface area contributed by atoms with Gasteiger partial charge in [0.1, 0.15) is 17.3 Å². The van der Waals surface area contributed by atoms with Crippen LogP contribution in [0.5, 0.6) is 0 Å². The number of hydrogen-bond acceptors (Lipinski definition) is 6. The maximum absolute atomic E-state index is 12.9. The molecule has 0 aliphatic rings. The molecule has 33 heavy (non-hydrogen) atoms. The van der Waals surface area contributed by atoms with Crippen molar-refractivity contribution in [3.8, 4) is 0 Å². The lowest BCUT2D eigenvalue weighted by molar-refractivity contribution is -0.136. The number of hydrazone groups is 1. The number of carbonyl (C=O) groups excluding carboxylic acids is 4. The van der Waals surface area contributed by atoms with Gasteiger partial charge in [0.25, 0.3) is 0 Å². The first kappa shape index (κ1) is 22.9. The minimum Gasteiger partial charge on any atom is -0.458 e. The summed E-state index contributed by atoms with van der Waals surface area (Å²) in [6.07, 6.45) is 1.15. The molecule has 0 saturated heterocycles. The smallest absolute Gasteiger partial charge is 0.329 e. The van der Waals surface area contributed by atoms with Gasteiger partial charge >= 0.3 is 23.6 Å². The van der Waals surface area contributed by atoms with Crippen molar-refractivity contribution in [1.29, 1.82) is 0 Å². The van der Waals surface area contributed by atoms with E-state index in [1.807, 2.05) is 5.43 Å². The van der Waals surface area contributed by atoms with Crippen molar-refractivity contribution < 1.29 is 28.0 Å². The number of nitrogens with zero attached hydrogens (tertiary/aromatic N) is 1. The molecule has 0 bridgehead atoms. The van der Waals surface area contributed by atoms with E-state index in [1.165, 1.54) is 18.2 Å². The predicted octanol–water partition coefficient (Wildman–Crippen LogP) is 1.76. The Morgan fingerprint density at radius 3 is 2.12 bits per heavy atom. The Kier molecular flexibility index (Phi) is 7.62. The molecule has 1 heterocycles. The van der Waals surface area contributed by atoms with Crippen LogP contribution in [0.25, 0.3) is 0 Å². The highest BCUT2D eigenvalue weighted by Gasteiger charge is 2.15. The SMILES string of the molecule is O=C(NCc1ccc(/C=N/NC(=O)C(=O)Nc2ccc(F)cc2)o1)C(=O)Nc1ccccc1. The van der Waals surface area contributed by atoms with E-state index in [0.29, 0.717) is 11.4 Å². The van der Waals surface area contributed by atoms with Crippen molar-refractivity contribution in [2.75, 3.05) is 10.6 Å². The maximum atomic E-state index is 12.9. The number of halogens is 1. The molecule has 168 valence electrons. The van der Waals surface area contributed by atoms with Gasteiger partial charge in [0, 0.05) is 11.4 Å². The van der Waals surface area contributed by atoms with E-state index < -0.39 is 29.4 Å². The number of hydrogen-bond donors (Lipinski definition) is 4. The predicted molar refractivity (Wildman–Crippen MR) is 116 cm³/mol. The lowest BCUT2D eigenvalue weighted by atomic mass is 10.3. The number of nitrogens with one attached hydrogen (secondary N) is 4. The molecule has 2 aromatic carbocycles. The van der Waals surface area contributed by atoms with Crippen molar-refractivity contribution in [2.24, 2.45) is 5.10 Å². The van der Waals surface area contributed by atoms with Crippen molar-refractivity contribution in [1.82, 2.24) is 10.7 Å². The number of furan rings is 1. The largest absolute Gasteiger partial charge is 0.458 e. The average molecular weight is 451 g/mol. The number of anilines is 2. The zero-order valence-electron chi connectivity index (χ0n) is 17.0. The van der Waals surface area contributed by atoms with E-state index >= 15 is 0 Å². The Labute approximate surface area is 186 Å². The van der Waals surface area contributed by atoms with Crippen LogP contribution >= 0.6 is 0 Å². The van der Waals surface area contributed by atoms with E-state index in [9.17, 15) is 23.6 Å². The van der Waals surface area contributed by atoms with Gasteiger partial charge in [-0.1, -0.05) is 18.2 Å². The lowest BCUT2D eigenvalue weighted by Crippen LogP contribution is -2.34. The number of benzene rings is 2. The zero-order valence-corrected chi connectivity index (χ0v) is 17.0. The second-order valence-electron chi connectivity index (χ2n) is 6.47. The van der Waals surface area contributed by atoms with Gasteiger partial charge in [0.05, 0.1) is 12.8 Å². The molecular formula is C22H18FN5O5. The molecule has 0 unspecified atom stereocenters. The van der Waals surface area contributed by atoms with Crippen LogP contribution in [-0.4, -0.2) is 29.8 Å². The fourth-order valence-electron chi connectivity index (χ4n) is 2.44. The van der Waals surface area contributed by atoms with Crippen LogP contribution < -0.4 is 21.4 Å². The van der Waals surface area contributed by atoms with Gasteiger partial charge in [0.2, 0.25) is 0 Å². The summed E-state index contributed by atoms with van der Waals surface area (Å²) < 4.78 is 18.3. The summed E-state index contributed by atoms with van der Waals surface area (Å²) in [4.78, 5) is 47.3. The van der Waals surface area contributed by atoms with Crippen LogP contribution in [0.2, 0.25) is 0 Å². The molecular weight excluding hydrogens is 433 g/mol. The summed E-state index contributed by atoms with van der Waals surface area (Å²) in [5, 5.41) is 10.8. The molecule has 3 rings (SSSR count). The third kappa shape index (κ3) is 7.14. The number of carbonyl (C=O) groups is 4. The molecule has 0 aliphatic carbocycles. The molecule has 3 aromatic rings. The van der Waals surface area contributed by atoms with Gasteiger partial charge in [-0.15, -0.1) is 0 Å². The van der Waals surface area contributed by atoms with E-state index in [1.54, 1.807) is 36.4 Å². The summed E-state index contributed by atoms with van der Waals surface area (Å²) in [6.45, 7) is -0.0542. The molecule has 4 amide bonds. The van der Waals surface area contributed by atoms with E-state index in [0.717, 1.165) is 18.3 Å². The monoisotopic (exact) mass is 451 g/mol. The Balaban J connectivity index is 1.42. The van der Waals surface area contributed by atoms with Crippen LogP contribution in [0.15, 0.2) is 76.2 Å². The first-order valence-corrected chi connectivity index (χ1v) is 9.53. The van der Waals surface area contributed by atoms with Crippen molar-refractivity contribution in [3.05, 3.63) is 84.1 Å². The van der Waals surface area contributed by atoms with Gasteiger partial charge < -0.3 is 20.4 Å². The van der Waals surface area contributed by atoms with Crippen molar-refractivity contribution >= 4 is 41.2 Å². The molecule has 0 atom stereocenters. The van der Waals surface area contributed by atoms with Crippen molar-refractivity contribution in [3.63, 3.8) is 0 Å². The second-order valence-corrected chi connectivity index (χ2v) is 6.47. The fourth-order valence-corrected chi connectivity index (χ4v) is 2.44. The van der Waals surface area contributed by atoms with E-state index in [-0.39, 0.29) is 18.0 Å². The molecule has 4 N–H and O–H groups in total. The van der Waals surface area contributed by atoms with Crippen LogP contribution in [0, 0.1) is 5.82 Å². The van der Waals surface area contributed by atoms with E-state index in [4.69, 9.17) is 4.42 Å². The minimum absolute atomic E-state index is 0.0542. The van der Waals surface area contributed by atoms with Gasteiger partial charge in [-0.25, -0.2) is 9.82 Å². The van der Waals surface area contributed by atoms with Crippen LogP contribution in [0.1, 0.15) is 11.5 Å². The second kappa shape index (κ2) is 11.0. The first-order chi connectivity index (χ1) is 15.9. The highest BCUT2D eigenvalue weighted by Crippen LogP contribution is 2.08. The quantitative estimate of drug-likeness (QED) is 0.257. The lowest BCUT2D eigenvalue weighted by Gasteiger charge is -2.05. The highest BCUT2D eigenvalue weighted by molar-refractivity contribution is 6.40. The standard InChI is InChI=1S/C22H18FN5O5/c23-14-6-8-16(9-7-14)27-21(31)22(32)28-25-13-18-11-10-17(33-18)12-24-19(29)20(30)26-15-4-2-1-3-5-15/h1-11,13H,12H2,(H,24,29)(H,26,30)(H,27,31)(H,28,32)/b25-13+. The topological polar surface area (TPSA) is 142 Å². The molecule has 1 aromatic heterocycles. The zero-order chi connectivity index (χ0) is 23.6. The fraction of sp³-hybridized carbons (Fsp3) is 0.0455. The number of para-hydroxylation sites is 1. The molecule has 0 radical (unpaired) electrons. The normalized spacial score (nSPS) is 10.5. The first-order valence-electron chi connectivity index (χ1n) is 9.53. The molecule has 0 saturated carbocycles. The summed E-state index contributed by atoms with van der Waals surface area (Å²) in [6, 6.07) is 16.5. The third-order valence-electron chi connectivity index (χ3n) is 4.01. The van der Waals surface area contributed by atoms with Gasteiger partial charge in [-0.3, -0.25) is 19.2 Å². The van der Waals surface area contributed by atoms with Gasteiger partial charge in [-0.2, -0.15) is 5.10 Å². The summed E-state index contributed by atoms with van der Waals surface area (Å²) >= 11 is 0.